The number of esters is 1. The number of hydrogen-bond acceptors (Lipinski definition) is 5. The van der Waals surface area contributed by atoms with Crippen molar-refractivity contribution in [2.24, 2.45) is 0 Å². The lowest BCUT2D eigenvalue weighted by Gasteiger charge is -2.20. The second kappa shape index (κ2) is 10.4. The first kappa shape index (κ1) is 20.5. The minimum absolute atomic E-state index is 0.0120. The molecule has 27 heavy (non-hydrogen) atoms. The predicted molar refractivity (Wildman–Crippen MR) is 104 cm³/mol. The van der Waals surface area contributed by atoms with Crippen molar-refractivity contribution in [1.29, 1.82) is 0 Å². The minimum atomic E-state index is -0.430. The SMILES string of the molecule is C=CCc1c(OCc2ccccc2)cc(C)c(C(=O)OCC)c1OCOC. The Bertz CT molecular complexity index is 768. The van der Waals surface area contributed by atoms with E-state index in [0.29, 0.717) is 30.1 Å². The first-order valence-corrected chi connectivity index (χ1v) is 8.85. The fourth-order valence-corrected chi connectivity index (χ4v) is 2.73. The van der Waals surface area contributed by atoms with Crippen molar-refractivity contribution in [2.75, 3.05) is 20.5 Å². The molecule has 0 saturated carbocycles. The topological polar surface area (TPSA) is 54.0 Å². The van der Waals surface area contributed by atoms with Gasteiger partial charge in [0.2, 0.25) is 0 Å². The Morgan fingerprint density at radius 1 is 1.19 bits per heavy atom. The third kappa shape index (κ3) is 5.34. The molecule has 0 aliphatic heterocycles. The maximum absolute atomic E-state index is 12.5. The molecule has 0 amide bonds. The molecule has 0 N–H and O–H groups in total. The zero-order valence-corrected chi connectivity index (χ0v) is 16.1. The third-order valence-corrected chi connectivity index (χ3v) is 3.93. The van der Waals surface area contributed by atoms with Crippen LogP contribution in [0.25, 0.3) is 0 Å². The van der Waals surface area contributed by atoms with Gasteiger partial charge < -0.3 is 18.9 Å². The van der Waals surface area contributed by atoms with E-state index in [1.807, 2.05) is 43.3 Å². The highest BCUT2D eigenvalue weighted by Crippen LogP contribution is 2.37. The summed E-state index contributed by atoms with van der Waals surface area (Å²) in [7, 11) is 1.53. The zero-order chi connectivity index (χ0) is 19.6. The lowest BCUT2D eigenvalue weighted by atomic mass is 9.99. The summed E-state index contributed by atoms with van der Waals surface area (Å²) in [5.41, 5.74) is 2.90. The second-order valence-electron chi connectivity index (χ2n) is 5.91. The van der Waals surface area contributed by atoms with Crippen molar-refractivity contribution in [2.45, 2.75) is 26.9 Å². The molecule has 144 valence electrons. The van der Waals surface area contributed by atoms with E-state index in [4.69, 9.17) is 18.9 Å². The van der Waals surface area contributed by atoms with Gasteiger partial charge in [0.05, 0.1) is 6.61 Å². The highest BCUT2D eigenvalue weighted by Gasteiger charge is 2.24. The number of carbonyl (C=O) groups excluding carboxylic acids is 1. The second-order valence-corrected chi connectivity index (χ2v) is 5.91. The molecule has 2 aromatic rings. The van der Waals surface area contributed by atoms with Gasteiger partial charge in [-0.15, -0.1) is 6.58 Å². The molecule has 5 heteroatoms. The van der Waals surface area contributed by atoms with E-state index in [9.17, 15) is 4.79 Å². The van der Waals surface area contributed by atoms with Crippen LogP contribution < -0.4 is 9.47 Å². The molecule has 0 radical (unpaired) electrons. The van der Waals surface area contributed by atoms with Crippen LogP contribution in [0.4, 0.5) is 0 Å². The molecule has 5 nitrogen and oxygen atoms in total. The van der Waals surface area contributed by atoms with Gasteiger partial charge >= 0.3 is 5.97 Å². The Labute approximate surface area is 160 Å². The number of aryl methyl sites for hydroxylation is 1. The van der Waals surface area contributed by atoms with Crippen LogP contribution >= 0.6 is 0 Å². The number of allylic oxidation sites excluding steroid dienone is 1. The van der Waals surface area contributed by atoms with Crippen molar-refractivity contribution in [3.05, 3.63) is 71.3 Å². The van der Waals surface area contributed by atoms with Gasteiger partial charge in [0, 0.05) is 12.7 Å². The summed E-state index contributed by atoms with van der Waals surface area (Å²) in [5, 5.41) is 0. The normalized spacial score (nSPS) is 10.3. The first-order valence-electron chi connectivity index (χ1n) is 8.85. The van der Waals surface area contributed by atoms with E-state index in [-0.39, 0.29) is 13.4 Å². The fraction of sp³-hybridized carbons (Fsp3) is 0.318. The van der Waals surface area contributed by atoms with Gasteiger partial charge in [0.25, 0.3) is 0 Å². The molecule has 0 unspecified atom stereocenters. The van der Waals surface area contributed by atoms with Gasteiger partial charge in [0.15, 0.2) is 6.79 Å². The summed E-state index contributed by atoms with van der Waals surface area (Å²) < 4.78 is 22.1. The Balaban J connectivity index is 2.47. The van der Waals surface area contributed by atoms with Crippen LogP contribution in [-0.2, 0) is 22.5 Å². The molecule has 2 aromatic carbocycles. The summed E-state index contributed by atoms with van der Waals surface area (Å²) in [6, 6.07) is 11.7. The summed E-state index contributed by atoms with van der Waals surface area (Å²) in [5.74, 6) is 0.634. The van der Waals surface area contributed by atoms with Gasteiger partial charge in [-0.25, -0.2) is 4.79 Å². The molecular formula is C22H26O5. The van der Waals surface area contributed by atoms with Crippen LogP contribution in [0.1, 0.15) is 34.0 Å². The fourth-order valence-electron chi connectivity index (χ4n) is 2.73. The first-order chi connectivity index (χ1) is 13.1. The molecule has 0 atom stereocenters. The summed E-state index contributed by atoms with van der Waals surface area (Å²) in [4.78, 5) is 12.5. The molecule has 0 heterocycles. The molecule has 0 aromatic heterocycles. The predicted octanol–water partition coefficient (Wildman–Crippen LogP) is 4.46. The van der Waals surface area contributed by atoms with Gasteiger partial charge in [-0.1, -0.05) is 36.4 Å². The zero-order valence-electron chi connectivity index (χ0n) is 16.1. The highest BCUT2D eigenvalue weighted by molar-refractivity contribution is 5.95. The number of benzene rings is 2. The lowest BCUT2D eigenvalue weighted by Crippen LogP contribution is -2.14. The number of methoxy groups -OCH3 is 1. The molecule has 0 aliphatic carbocycles. The molecule has 0 fully saturated rings. The smallest absolute Gasteiger partial charge is 0.342 e. The van der Waals surface area contributed by atoms with Crippen molar-refractivity contribution >= 4 is 5.97 Å². The van der Waals surface area contributed by atoms with Crippen molar-refractivity contribution in [1.82, 2.24) is 0 Å². The monoisotopic (exact) mass is 370 g/mol. The van der Waals surface area contributed by atoms with Gasteiger partial charge in [0.1, 0.15) is 23.7 Å². The van der Waals surface area contributed by atoms with Crippen molar-refractivity contribution in [3.8, 4) is 11.5 Å². The van der Waals surface area contributed by atoms with E-state index >= 15 is 0 Å². The largest absolute Gasteiger partial charge is 0.488 e. The maximum atomic E-state index is 12.5. The average molecular weight is 370 g/mol. The maximum Gasteiger partial charge on any atom is 0.342 e. The standard InChI is InChI=1S/C22H26O5/c1-5-10-18-19(26-14-17-11-8-7-9-12-17)13-16(3)20(22(23)25-6-2)21(18)27-15-24-4/h5,7-9,11-13H,1,6,10,14-15H2,2-4H3. The molecule has 0 aliphatic rings. The van der Waals surface area contributed by atoms with Gasteiger partial charge in [-0.3, -0.25) is 0 Å². The van der Waals surface area contributed by atoms with Crippen LogP contribution in [0.2, 0.25) is 0 Å². The van der Waals surface area contributed by atoms with Crippen LogP contribution in [-0.4, -0.2) is 26.5 Å². The number of ether oxygens (including phenoxy) is 4. The van der Waals surface area contributed by atoms with Gasteiger partial charge in [-0.05, 0) is 37.5 Å². The van der Waals surface area contributed by atoms with Crippen LogP contribution in [0.5, 0.6) is 11.5 Å². The molecule has 0 bridgehead atoms. The molecule has 0 spiro atoms. The molecular weight excluding hydrogens is 344 g/mol. The van der Waals surface area contributed by atoms with Crippen LogP contribution in [0.15, 0.2) is 49.1 Å². The molecule has 2 rings (SSSR count). The van der Waals surface area contributed by atoms with E-state index in [0.717, 1.165) is 16.7 Å². The van der Waals surface area contributed by atoms with Crippen molar-refractivity contribution < 1.29 is 23.7 Å². The minimum Gasteiger partial charge on any atom is -0.488 e. The highest BCUT2D eigenvalue weighted by atomic mass is 16.7. The summed E-state index contributed by atoms with van der Waals surface area (Å²) in [6.45, 7) is 8.12. The van der Waals surface area contributed by atoms with Crippen LogP contribution in [0.3, 0.4) is 0 Å². The third-order valence-electron chi connectivity index (χ3n) is 3.93. The number of hydrogen-bond donors (Lipinski definition) is 0. The lowest BCUT2D eigenvalue weighted by molar-refractivity contribution is 0.0431. The Morgan fingerprint density at radius 3 is 2.56 bits per heavy atom. The number of rotatable bonds is 10. The average Bonchev–Trinajstić information content (AvgIpc) is 2.67. The van der Waals surface area contributed by atoms with E-state index in [1.54, 1.807) is 13.0 Å². The Morgan fingerprint density at radius 2 is 1.93 bits per heavy atom. The van der Waals surface area contributed by atoms with E-state index < -0.39 is 5.97 Å². The Hall–Kier alpha value is -2.79. The van der Waals surface area contributed by atoms with Crippen LogP contribution in [0, 0.1) is 6.92 Å². The molecule has 0 saturated heterocycles. The Kier molecular flexibility index (Phi) is 7.89. The summed E-state index contributed by atoms with van der Waals surface area (Å²) in [6.07, 6.45) is 2.23. The number of carbonyl (C=O) groups is 1. The summed E-state index contributed by atoms with van der Waals surface area (Å²) >= 11 is 0. The van der Waals surface area contributed by atoms with Crippen molar-refractivity contribution in [3.63, 3.8) is 0 Å². The van der Waals surface area contributed by atoms with Gasteiger partial charge in [-0.2, -0.15) is 0 Å². The van der Waals surface area contributed by atoms with E-state index in [2.05, 4.69) is 6.58 Å². The van der Waals surface area contributed by atoms with E-state index in [1.165, 1.54) is 7.11 Å². The quantitative estimate of drug-likeness (QED) is 0.351.